The fraction of sp³-hybridized carbons (Fsp3) is 0.375. The van der Waals surface area contributed by atoms with Gasteiger partial charge in [0.1, 0.15) is 0 Å². The molecule has 0 aliphatic carbocycles. The van der Waals surface area contributed by atoms with Crippen molar-refractivity contribution in [1.82, 2.24) is 20.4 Å². The lowest BCUT2D eigenvalue weighted by atomic mass is 10.2. The number of hydrogen-bond donors (Lipinski definition) is 2. The number of methoxy groups -OCH3 is 1. The highest BCUT2D eigenvalue weighted by atomic mass is 35.5. The summed E-state index contributed by atoms with van der Waals surface area (Å²) in [6, 6.07) is 7.30. The quantitative estimate of drug-likeness (QED) is 0.697. The summed E-state index contributed by atoms with van der Waals surface area (Å²) in [6.45, 7) is 4.48. The fourth-order valence-electron chi connectivity index (χ4n) is 2.07. The van der Waals surface area contributed by atoms with Crippen LogP contribution in [0.1, 0.15) is 16.1 Å². The third-order valence-corrected chi connectivity index (χ3v) is 3.56. The highest BCUT2D eigenvalue weighted by Gasteiger charge is 2.13. The van der Waals surface area contributed by atoms with Gasteiger partial charge in [0.15, 0.2) is 0 Å². The molecule has 2 aromatic rings. The normalized spacial score (nSPS) is 10.3. The second-order valence-corrected chi connectivity index (χ2v) is 5.48. The third-order valence-electron chi connectivity index (χ3n) is 3.30. The maximum absolute atomic E-state index is 12.2. The number of nitrogens with zero attached hydrogens (tertiary/aromatic N) is 2. The zero-order valence-corrected chi connectivity index (χ0v) is 15.3. The number of aryl methyl sites for hydroxylation is 1. The average Bonchev–Trinajstić information content (AvgIpc) is 2.93. The molecule has 2 N–H and O–H groups in total. The number of nitrogens with one attached hydrogen (secondary N) is 2. The van der Waals surface area contributed by atoms with Gasteiger partial charge in [-0.25, -0.2) is 4.68 Å². The number of amides is 1. The van der Waals surface area contributed by atoms with Crippen LogP contribution in [0.15, 0.2) is 30.5 Å². The molecule has 24 heavy (non-hydrogen) atoms. The molecule has 0 unspecified atom stereocenters. The summed E-state index contributed by atoms with van der Waals surface area (Å²) in [5.41, 5.74) is 2.11. The molecule has 0 fully saturated rings. The van der Waals surface area contributed by atoms with Crippen LogP contribution in [0.3, 0.4) is 0 Å². The molecule has 0 spiro atoms. The standard InChI is InChI=1S/C16H21ClN4O2.ClH/c1-12-15(16(22)19-8-7-18-9-10-23-2)11-21(20-12)14-5-3-13(17)4-6-14;/h3-6,11,18H,7-10H2,1-2H3,(H,19,22);1H. The lowest BCUT2D eigenvalue weighted by Crippen LogP contribution is -2.33. The summed E-state index contributed by atoms with van der Waals surface area (Å²) in [5, 5.41) is 11.1. The van der Waals surface area contributed by atoms with Crippen LogP contribution in [0.4, 0.5) is 0 Å². The Labute approximate surface area is 152 Å². The molecule has 0 aliphatic rings. The van der Waals surface area contributed by atoms with E-state index in [0.717, 1.165) is 12.2 Å². The summed E-state index contributed by atoms with van der Waals surface area (Å²) >= 11 is 5.88. The first kappa shape index (κ1) is 20.4. The molecule has 0 atom stereocenters. The van der Waals surface area contributed by atoms with Gasteiger partial charge in [-0.2, -0.15) is 5.10 Å². The van der Waals surface area contributed by atoms with Gasteiger partial charge < -0.3 is 15.4 Å². The minimum Gasteiger partial charge on any atom is -0.383 e. The Hall–Kier alpha value is -1.60. The smallest absolute Gasteiger partial charge is 0.254 e. The minimum atomic E-state index is -0.128. The second-order valence-electron chi connectivity index (χ2n) is 5.05. The molecule has 0 bridgehead atoms. The van der Waals surface area contributed by atoms with Gasteiger partial charge in [-0.15, -0.1) is 12.4 Å². The summed E-state index contributed by atoms with van der Waals surface area (Å²) in [5.74, 6) is -0.128. The van der Waals surface area contributed by atoms with Gasteiger partial charge in [0, 0.05) is 38.0 Å². The number of aromatic nitrogens is 2. The van der Waals surface area contributed by atoms with Gasteiger partial charge in [0.2, 0.25) is 0 Å². The van der Waals surface area contributed by atoms with Crippen LogP contribution in [0.5, 0.6) is 0 Å². The van der Waals surface area contributed by atoms with Crippen LogP contribution < -0.4 is 10.6 Å². The molecule has 1 aromatic carbocycles. The van der Waals surface area contributed by atoms with Crippen molar-refractivity contribution in [3.05, 3.63) is 46.7 Å². The van der Waals surface area contributed by atoms with Crippen molar-refractivity contribution < 1.29 is 9.53 Å². The number of benzene rings is 1. The van der Waals surface area contributed by atoms with E-state index in [1.54, 1.807) is 30.1 Å². The summed E-state index contributed by atoms with van der Waals surface area (Å²) in [7, 11) is 1.66. The molecule has 0 radical (unpaired) electrons. The van der Waals surface area contributed by atoms with E-state index in [2.05, 4.69) is 15.7 Å². The van der Waals surface area contributed by atoms with E-state index < -0.39 is 0 Å². The molecule has 8 heteroatoms. The van der Waals surface area contributed by atoms with Crippen LogP contribution >= 0.6 is 24.0 Å². The van der Waals surface area contributed by atoms with Crippen LogP contribution in [0, 0.1) is 6.92 Å². The maximum Gasteiger partial charge on any atom is 0.254 e. The highest BCUT2D eigenvalue weighted by Crippen LogP contribution is 2.15. The van der Waals surface area contributed by atoms with Crippen molar-refractivity contribution in [2.45, 2.75) is 6.92 Å². The number of hydrogen-bond acceptors (Lipinski definition) is 4. The van der Waals surface area contributed by atoms with Gasteiger partial charge in [-0.05, 0) is 31.2 Å². The van der Waals surface area contributed by atoms with E-state index in [-0.39, 0.29) is 18.3 Å². The molecule has 6 nitrogen and oxygen atoms in total. The van der Waals surface area contributed by atoms with Gasteiger partial charge in [-0.1, -0.05) is 11.6 Å². The SMILES string of the molecule is COCCNCCNC(=O)c1cn(-c2ccc(Cl)cc2)nc1C.Cl. The van der Waals surface area contributed by atoms with Crippen LogP contribution in [0.2, 0.25) is 5.02 Å². The van der Waals surface area contributed by atoms with Crippen LogP contribution in [-0.2, 0) is 4.74 Å². The van der Waals surface area contributed by atoms with E-state index in [1.165, 1.54) is 0 Å². The average molecular weight is 373 g/mol. The summed E-state index contributed by atoms with van der Waals surface area (Å²) < 4.78 is 6.62. The Morgan fingerprint density at radius 3 is 2.62 bits per heavy atom. The monoisotopic (exact) mass is 372 g/mol. The third kappa shape index (κ3) is 5.79. The predicted molar refractivity (Wildman–Crippen MR) is 97.6 cm³/mol. The van der Waals surface area contributed by atoms with Crippen molar-refractivity contribution in [3.63, 3.8) is 0 Å². The van der Waals surface area contributed by atoms with E-state index in [1.807, 2.05) is 19.1 Å². The molecule has 0 saturated heterocycles. The van der Waals surface area contributed by atoms with E-state index >= 15 is 0 Å². The van der Waals surface area contributed by atoms with Crippen LogP contribution in [0.25, 0.3) is 5.69 Å². The molecule has 1 aromatic heterocycles. The fourth-order valence-corrected chi connectivity index (χ4v) is 2.19. The Balaban J connectivity index is 0.00000288. The van der Waals surface area contributed by atoms with Gasteiger partial charge in [0.25, 0.3) is 5.91 Å². The number of rotatable bonds is 8. The van der Waals surface area contributed by atoms with E-state index in [4.69, 9.17) is 16.3 Å². The number of halogens is 2. The molecular formula is C16H22Cl2N4O2. The molecule has 1 heterocycles. The number of carbonyl (C=O) groups excluding carboxylic acids is 1. The molecule has 132 valence electrons. The second kappa shape index (κ2) is 10.3. The summed E-state index contributed by atoms with van der Waals surface area (Å²) in [4.78, 5) is 12.2. The Morgan fingerprint density at radius 1 is 1.25 bits per heavy atom. The molecule has 0 saturated carbocycles. The van der Waals surface area contributed by atoms with E-state index in [9.17, 15) is 4.79 Å². The highest BCUT2D eigenvalue weighted by molar-refractivity contribution is 6.30. The van der Waals surface area contributed by atoms with Crippen molar-refractivity contribution >= 4 is 29.9 Å². The lowest BCUT2D eigenvalue weighted by molar-refractivity contribution is 0.0953. The van der Waals surface area contributed by atoms with Crippen molar-refractivity contribution in [1.29, 1.82) is 0 Å². The zero-order valence-electron chi connectivity index (χ0n) is 13.7. The van der Waals surface area contributed by atoms with E-state index in [0.29, 0.717) is 36.0 Å². The van der Waals surface area contributed by atoms with Crippen molar-refractivity contribution in [2.24, 2.45) is 0 Å². The Kier molecular flexibility index (Phi) is 8.78. The van der Waals surface area contributed by atoms with Gasteiger partial charge in [0.05, 0.1) is 23.6 Å². The zero-order chi connectivity index (χ0) is 16.7. The largest absolute Gasteiger partial charge is 0.383 e. The first-order valence-electron chi connectivity index (χ1n) is 7.42. The number of carbonyl (C=O) groups is 1. The molecular weight excluding hydrogens is 351 g/mol. The van der Waals surface area contributed by atoms with Crippen LogP contribution in [-0.4, -0.2) is 49.0 Å². The van der Waals surface area contributed by atoms with Gasteiger partial charge >= 0.3 is 0 Å². The van der Waals surface area contributed by atoms with Gasteiger partial charge in [-0.3, -0.25) is 4.79 Å². The van der Waals surface area contributed by atoms with Crippen molar-refractivity contribution in [2.75, 3.05) is 33.4 Å². The van der Waals surface area contributed by atoms with Crippen molar-refractivity contribution in [3.8, 4) is 5.69 Å². The molecule has 2 rings (SSSR count). The molecule has 0 aliphatic heterocycles. The maximum atomic E-state index is 12.2. The Morgan fingerprint density at radius 2 is 1.96 bits per heavy atom. The first-order valence-corrected chi connectivity index (χ1v) is 7.79. The topological polar surface area (TPSA) is 68.2 Å². The molecule has 1 amide bonds. The first-order chi connectivity index (χ1) is 11.1. The minimum absolute atomic E-state index is 0. The lowest BCUT2D eigenvalue weighted by Gasteiger charge is -2.05. The summed E-state index contributed by atoms with van der Waals surface area (Å²) in [6.07, 6.45) is 1.73. The Bertz CT molecular complexity index is 644. The number of ether oxygens (including phenoxy) is 1. The predicted octanol–water partition coefficient (Wildman–Crippen LogP) is 2.22.